The van der Waals surface area contributed by atoms with Gasteiger partial charge in [-0.25, -0.2) is 9.97 Å². The maximum absolute atomic E-state index is 5.97. The van der Waals surface area contributed by atoms with E-state index in [-0.39, 0.29) is 0 Å². The van der Waals surface area contributed by atoms with Crippen molar-refractivity contribution in [3.8, 4) is 5.88 Å². The van der Waals surface area contributed by atoms with Gasteiger partial charge in [0.05, 0.1) is 17.8 Å². The average molecular weight is 289 g/mol. The Morgan fingerprint density at radius 3 is 2.85 bits per heavy atom. The Balaban J connectivity index is 1.91. The second-order valence-corrected chi connectivity index (χ2v) is 5.49. The number of nitrogen functional groups attached to an aromatic ring is 1. The largest absolute Gasteiger partial charge is 0.481 e. The Labute approximate surface area is 120 Å². The van der Waals surface area contributed by atoms with Gasteiger partial charge in [0.1, 0.15) is 5.52 Å². The lowest BCUT2D eigenvalue weighted by molar-refractivity contribution is 0.399. The summed E-state index contributed by atoms with van der Waals surface area (Å²) >= 11 is 1.65. The lowest BCUT2D eigenvalue weighted by Crippen LogP contribution is -2.07. The molecule has 0 aromatic carbocycles. The maximum Gasteiger partial charge on any atom is 0.215 e. The number of rotatable bonds is 4. The molecule has 0 aliphatic heterocycles. The smallest absolute Gasteiger partial charge is 0.215 e. The van der Waals surface area contributed by atoms with Crippen molar-refractivity contribution in [1.29, 1.82) is 0 Å². The number of hydrogen-bond acceptors (Lipinski definition) is 6. The molecule has 0 aliphatic carbocycles. The maximum atomic E-state index is 5.97. The summed E-state index contributed by atoms with van der Waals surface area (Å²) in [5.74, 6) is 1.02. The van der Waals surface area contributed by atoms with E-state index in [4.69, 9.17) is 10.5 Å². The van der Waals surface area contributed by atoms with Crippen LogP contribution in [0.25, 0.3) is 11.2 Å². The molecule has 0 radical (unpaired) electrons. The molecule has 6 nitrogen and oxygen atoms in total. The van der Waals surface area contributed by atoms with Crippen LogP contribution in [0.1, 0.15) is 10.7 Å². The van der Waals surface area contributed by atoms with E-state index in [1.54, 1.807) is 24.5 Å². The standard InChI is InChI=1S/C13H15N5OS/c1-8-15-9(7-20-8)5-6-18-12-10(16-13(18)14)3-4-11(17-12)19-2/h3-4,7H,5-6H2,1-2H3,(H2,14,16). The van der Waals surface area contributed by atoms with Gasteiger partial charge in [0.2, 0.25) is 11.8 Å². The van der Waals surface area contributed by atoms with E-state index in [1.807, 2.05) is 17.6 Å². The van der Waals surface area contributed by atoms with E-state index in [1.165, 1.54) is 0 Å². The highest BCUT2D eigenvalue weighted by molar-refractivity contribution is 7.09. The van der Waals surface area contributed by atoms with Gasteiger partial charge in [-0.2, -0.15) is 4.98 Å². The Kier molecular flexibility index (Phi) is 3.27. The van der Waals surface area contributed by atoms with Crippen molar-refractivity contribution < 1.29 is 4.74 Å². The first kappa shape index (κ1) is 12.9. The van der Waals surface area contributed by atoms with Gasteiger partial charge < -0.3 is 10.5 Å². The third-order valence-electron chi connectivity index (χ3n) is 3.06. The van der Waals surface area contributed by atoms with Crippen LogP contribution in [0.15, 0.2) is 17.5 Å². The SMILES string of the molecule is COc1ccc2nc(N)n(CCc3csc(C)n3)c2n1. The first-order valence-corrected chi connectivity index (χ1v) is 7.13. The first-order chi connectivity index (χ1) is 9.67. The lowest BCUT2D eigenvalue weighted by Gasteiger charge is -2.05. The second kappa shape index (κ2) is 5.09. The molecule has 0 spiro atoms. The number of imidazole rings is 1. The van der Waals surface area contributed by atoms with E-state index >= 15 is 0 Å². The lowest BCUT2D eigenvalue weighted by atomic mass is 10.3. The highest BCUT2D eigenvalue weighted by atomic mass is 32.1. The summed E-state index contributed by atoms with van der Waals surface area (Å²) < 4.78 is 7.04. The van der Waals surface area contributed by atoms with Gasteiger partial charge in [-0.1, -0.05) is 0 Å². The van der Waals surface area contributed by atoms with E-state index in [9.17, 15) is 0 Å². The van der Waals surface area contributed by atoms with Crippen LogP contribution in [0.5, 0.6) is 5.88 Å². The molecular weight excluding hydrogens is 274 g/mol. The van der Waals surface area contributed by atoms with Crippen molar-refractivity contribution in [2.45, 2.75) is 19.9 Å². The van der Waals surface area contributed by atoms with Gasteiger partial charge in [0, 0.05) is 24.4 Å². The van der Waals surface area contributed by atoms with Gasteiger partial charge in [0.25, 0.3) is 0 Å². The highest BCUT2D eigenvalue weighted by Gasteiger charge is 2.11. The van der Waals surface area contributed by atoms with Gasteiger partial charge in [-0.05, 0) is 13.0 Å². The summed E-state index contributed by atoms with van der Waals surface area (Å²) in [5.41, 5.74) is 8.55. The average Bonchev–Trinajstić information content (AvgIpc) is 2.98. The minimum atomic E-state index is 0.465. The van der Waals surface area contributed by atoms with E-state index in [2.05, 4.69) is 20.3 Å². The number of ether oxygens (including phenoxy) is 1. The van der Waals surface area contributed by atoms with Crippen LogP contribution < -0.4 is 10.5 Å². The Morgan fingerprint density at radius 1 is 1.30 bits per heavy atom. The minimum absolute atomic E-state index is 0.465. The zero-order valence-corrected chi connectivity index (χ0v) is 12.1. The van der Waals surface area contributed by atoms with Crippen LogP contribution in [0, 0.1) is 6.92 Å². The quantitative estimate of drug-likeness (QED) is 0.795. The van der Waals surface area contributed by atoms with Gasteiger partial charge >= 0.3 is 0 Å². The molecule has 3 heterocycles. The zero-order valence-electron chi connectivity index (χ0n) is 11.3. The number of anilines is 1. The molecule has 20 heavy (non-hydrogen) atoms. The molecule has 2 N–H and O–H groups in total. The Morgan fingerprint density at radius 2 is 2.15 bits per heavy atom. The van der Waals surface area contributed by atoms with Gasteiger partial charge in [0.15, 0.2) is 5.65 Å². The molecule has 0 amide bonds. The summed E-state index contributed by atoms with van der Waals surface area (Å²) in [5, 5.41) is 3.14. The zero-order chi connectivity index (χ0) is 14.1. The summed E-state index contributed by atoms with van der Waals surface area (Å²) in [7, 11) is 1.59. The predicted octanol–water partition coefficient (Wildman–Crippen LogP) is 2.03. The summed E-state index contributed by atoms with van der Waals surface area (Å²) in [6.45, 7) is 2.70. The molecule has 0 bridgehead atoms. The van der Waals surface area contributed by atoms with Crippen molar-refractivity contribution >= 4 is 28.4 Å². The molecule has 0 atom stereocenters. The number of methoxy groups -OCH3 is 1. The molecular formula is C13H15N5OS. The number of aromatic nitrogens is 4. The monoisotopic (exact) mass is 289 g/mol. The normalized spacial score (nSPS) is 11.1. The number of fused-ring (bicyclic) bond motifs is 1. The molecule has 3 rings (SSSR count). The van der Waals surface area contributed by atoms with E-state index in [0.29, 0.717) is 18.4 Å². The third-order valence-corrected chi connectivity index (χ3v) is 3.89. The number of nitrogens with zero attached hydrogens (tertiary/aromatic N) is 4. The number of aryl methyl sites for hydroxylation is 3. The topological polar surface area (TPSA) is 78.9 Å². The molecule has 0 aliphatic rings. The molecule has 3 aromatic rings. The first-order valence-electron chi connectivity index (χ1n) is 6.25. The number of thiazole rings is 1. The molecule has 0 saturated heterocycles. The van der Waals surface area contributed by atoms with Crippen LogP contribution >= 0.6 is 11.3 Å². The second-order valence-electron chi connectivity index (χ2n) is 4.43. The van der Waals surface area contributed by atoms with Crippen LogP contribution in [0.3, 0.4) is 0 Å². The fourth-order valence-electron chi connectivity index (χ4n) is 2.09. The van der Waals surface area contributed by atoms with Crippen LogP contribution in [-0.2, 0) is 13.0 Å². The van der Waals surface area contributed by atoms with Crippen molar-refractivity contribution in [3.05, 3.63) is 28.2 Å². The Bertz CT molecular complexity index is 748. The molecule has 0 unspecified atom stereocenters. The van der Waals surface area contributed by atoms with Crippen molar-refractivity contribution in [1.82, 2.24) is 19.5 Å². The highest BCUT2D eigenvalue weighted by Crippen LogP contribution is 2.20. The van der Waals surface area contributed by atoms with Crippen LogP contribution in [-0.4, -0.2) is 26.6 Å². The van der Waals surface area contributed by atoms with E-state index in [0.717, 1.165) is 28.3 Å². The molecule has 104 valence electrons. The number of pyridine rings is 1. The molecule has 7 heteroatoms. The fraction of sp³-hybridized carbons (Fsp3) is 0.308. The summed E-state index contributed by atoms with van der Waals surface area (Å²) in [6, 6.07) is 3.64. The summed E-state index contributed by atoms with van der Waals surface area (Å²) in [4.78, 5) is 13.2. The third kappa shape index (κ3) is 2.32. The van der Waals surface area contributed by atoms with E-state index < -0.39 is 0 Å². The van der Waals surface area contributed by atoms with Crippen LogP contribution in [0.4, 0.5) is 5.95 Å². The number of hydrogen-bond donors (Lipinski definition) is 1. The number of nitrogens with two attached hydrogens (primary N) is 1. The molecule has 0 saturated carbocycles. The van der Waals surface area contributed by atoms with Crippen LogP contribution in [0.2, 0.25) is 0 Å². The van der Waals surface area contributed by atoms with Gasteiger partial charge in [-0.15, -0.1) is 11.3 Å². The minimum Gasteiger partial charge on any atom is -0.481 e. The van der Waals surface area contributed by atoms with Gasteiger partial charge in [-0.3, -0.25) is 4.57 Å². The van der Waals surface area contributed by atoms with Crippen molar-refractivity contribution in [2.24, 2.45) is 0 Å². The fourth-order valence-corrected chi connectivity index (χ4v) is 2.73. The molecule has 3 aromatic heterocycles. The molecule has 0 fully saturated rings. The van der Waals surface area contributed by atoms with Crippen molar-refractivity contribution in [3.63, 3.8) is 0 Å². The summed E-state index contributed by atoms with van der Waals surface area (Å²) in [6.07, 6.45) is 0.804. The predicted molar refractivity (Wildman–Crippen MR) is 79.0 cm³/mol. The Hall–Kier alpha value is -2.15. The van der Waals surface area contributed by atoms with Crippen molar-refractivity contribution in [2.75, 3.05) is 12.8 Å².